The Morgan fingerprint density at radius 1 is 1.07 bits per heavy atom. The SMILES string of the molecule is COc1ccc(/C(C)=N\NC(=O)CN(c2ccc(C)cc2)S(C)(=O)=O)cc1OC. The Kier molecular flexibility index (Phi) is 7.22. The molecule has 1 N–H and O–H groups in total. The molecule has 0 saturated heterocycles. The zero-order chi connectivity index (χ0) is 21.6. The third-order valence-corrected chi connectivity index (χ3v) is 5.30. The maximum atomic E-state index is 12.3. The molecule has 0 radical (unpaired) electrons. The first kappa shape index (κ1) is 22.2. The monoisotopic (exact) mass is 419 g/mol. The number of benzene rings is 2. The molecule has 9 heteroatoms. The van der Waals surface area contributed by atoms with E-state index in [0.29, 0.717) is 22.9 Å². The molecule has 0 fully saturated rings. The van der Waals surface area contributed by atoms with Gasteiger partial charge in [0.25, 0.3) is 5.91 Å². The molecule has 2 aromatic rings. The molecule has 0 heterocycles. The minimum Gasteiger partial charge on any atom is -0.493 e. The van der Waals surface area contributed by atoms with Crippen LogP contribution >= 0.6 is 0 Å². The third-order valence-electron chi connectivity index (χ3n) is 4.16. The summed E-state index contributed by atoms with van der Waals surface area (Å²) in [5.41, 5.74) is 5.05. The van der Waals surface area contributed by atoms with Crippen LogP contribution in [0, 0.1) is 6.92 Å². The molecule has 0 aromatic heterocycles. The molecule has 0 spiro atoms. The summed E-state index contributed by atoms with van der Waals surface area (Å²) in [5.74, 6) is 0.555. The van der Waals surface area contributed by atoms with Crippen LogP contribution in [0.25, 0.3) is 0 Å². The number of carbonyl (C=O) groups excluding carboxylic acids is 1. The molecule has 0 aliphatic carbocycles. The van der Waals surface area contributed by atoms with Gasteiger partial charge in [-0.05, 0) is 44.2 Å². The molecule has 0 aliphatic heterocycles. The van der Waals surface area contributed by atoms with Crippen LogP contribution in [0.1, 0.15) is 18.1 Å². The lowest BCUT2D eigenvalue weighted by molar-refractivity contribution is -0.119. The van der Waals surface area contributed by atoms with Crippen LogP contribution in [0.3, 0.4) is 0 Å². The lowest BCUT2D eigenvalue weighted by Crippen LogP contribution is -2.39. The number of aryl methyl sites for hydroxylation is 1. The van der Waals surface area contributed by atoms with Crippen molar-refractivity contribution >= 4 is 27.3 Å². The van der Waals surface area contributed by atoms with Crippen molar-refractivity contribution < 1.29 is 22.7 Å². The highest BCUT2D eigenvalue weighted by atomic mass is 32.2. The van der Waals surface area contributed by atoms with Crippen molar-refractivity contribution in [3.8, 4) is 11.5 Å². The van der Waals surface area contributed by atoms with E-state index in [9.17, 15) is 13.2 Å². The molecular formula is C20H25N3O5S. The Labute approximate surface area is 171 Å². The Hall–Kier alpha value is -3.07. The van der Waals surface area contributed by atoms with Gasteiger partial charge in [0.2, 0.25) is 10.0 Å². The topological polar surface area (TPSA) is 97.3 Å². The molecular weight excluding hydrogens is 394 g/mol. The minimum atomic E-state index is -3.64. The van der Waals surface area contributed by atoms with Crippen LogP contribution in [-0.2, 0) is 14.8 Å². The summed E-state index contributed by atoms with van der Waals surface area (Å²) >= 11 is 0. The number of sulfonamides is 1. The number of anilines is 1. The van der Waals surface area contributed by atoms with Gasteiger partial charge in [-0.25, -0.2) is 13.8 Å². The molecule has 8 nitrogen and oxygen atoms in total. The summed E-state index contributed by atoms with van der Waals surface area (Å²) in [6.07, 6.45) is 1.05. The Bertz CT molecular complexity index is 1000. The first-order chi connectivity index (χ1) is 13.7. The van der Waals surface area contributed by atoms with Gasteiger partial charge in [0.1, 0.15) is 6.54 Å². The number of ether oxygens (including phenoxy) is 2. The number of hydrazone groups is 1. The molecule has 156 valence electrons. The Balaban J connectivity index is 2.14. The van der Waals surface area contributed by atoms with Crippen LogP contribution in [-0.4, -0.2) is 47.1 Å². The smallest absolute Gasteiger partial charge is 0.260 e. The van der Waals surface area contributed by atoms with Crippen molar-refractivity contribution in [2.45, 2.75) is 13.8 Å². The van der Waals surface area contributed by atoms with Gasteiger partial charge >= 0.3 is 0 Å². The van der Waals surface area contributed by atoms with Gasteiger partial charge < -0.3 is 9.47 Å². The summed E-state index contributed by atoms with van der Waals surface area (Å²) in [4.78, 5) is 12.3. The fraction of sp³-hybridized carbons (Fsp3) is 0.300. The highest BCUT2D eigenvalue weighted by molar-refractivity contribution is 7.92. The minimum absolute atomic E-state index is 0.384. The average molecular weight is 420 g/mol. The molecule has 0 saturated carbocycles. The van der Waals surface area contributed by atoms with Gasteiger partial charge in [0.15, 0.2) is 11.5 Å². The van der Waals surface area contributed by atoms with Gasteiger partial charge in [0.05, 0.1) is 31.9 Å². The van der Waals surface area contributed by atoms with Crippen LogP contribution in [0.4, 0.5) is 5.69 Å². The van der Waals surface area contributed by atoms with Crippen molar-refractivity contribution in [1.29, 1.82) is 0 Å². The van der Waals surface area contributed by atoms with Crippen LogP contribution < -0.4 is 19.2 Å². The van der Waals surface area contributed by atoms with Gasteiger partial charge in [-0.3, -0.25) is 9.10 Å². The second-order valence-corrected chi connectivity index (χ2v) is 8.31. The lowest BCUT2D eigenvalue weighted by Gasteiger charge is -2.21. The highest BCUT2D eigenvalue weighted by Crippen LogP contribution is 2.27. The van der Waals surface area contributed by atoms with Gasteiger partial charge in [-0.2, -0.15) is 5.10 Å². The van der Waals surface area contributed by atoms with Crippen molar-refractivity contribution in [3.63, 3.8) is 0 Å². The largest absolute Gasteiger partial charge is 0.493 e. The normalized spacial score (nSPS) is 11.7. The predicted molar refractivity (Wildman–Crippen MR) is 113 cm³/mol. The van der Waals surface area contributed by atoms with Crippen LogP contribution in [0.2, 0.25) is 0 Å². The number of nitrogens with zero attached hydrogens (tertiary/aromatic N) is 2. The molecule has 0 unspecified atom stereocenters. The number of methoxy groups -OCH3 is 2. The van der Waals surface area contributed by atoms with E-state index in [0.717, 1.165) is 21.7 Å². The molecule has 2 rings (SSSR count). The molecule has 0 atom stereocenters. The van der Waals surface area contributed by atoms with E-state index >= 15 is 0 Å². The van der Waals surface area contributed by atoms with E-state index in [1.54, 1.807) is 56.5 Å². The highest BCUT2D eigenvalue weighted by Gasteiger charge is 2.20. The predicted octanol–water partition coefficient (Wildman–Crippen LogP) is 2.32. The molecule has 1 amide bonds. The van der Waals surface area contributed by atoms with Crippen molar-refractivity contribution in [1.82, 2.24) is 5.43 Å². The molecule has 2 aromatic carbocycles. The average Bonchev–Trinajstić information content (AvgIpc) is 2.69. The van der Waals surface area contributed by atoms with Gasteiger partial charge in [-0.1, -0.05) is 17.7 Å². The van der Waals surface area contributed by atoms with E-state index in [1.807, 2.05) is 6.92 Å². The maximum absolute atomic E-state index is 12.3. The van der Waals surface area contributed by atoms with Gasteiger partial charge in [-0.15, -0.1) is 0 Å². The fourth-order valence-corrected chi connectivity index (χ4v) is 3.41. The number of carbonyl (C=O) groups is 1. The Morgan fingerprint density at radius 2 is 1.69 bits per heavy atom. The second kappa shape index (κ2) is 9.42. The molecule has 0 bridgehead atoms. The van der Waals surface area contributed by atoms with Gasteiger partial charge in [0, 0.05) is 5.56 Å². The van der Waals surface area contributed by atoms with E-state index < -0.39 is 15.9 Å². The van der Waals surface area contributed by atoms with E-state index in [-0.39, 0.29) is 6.54 Å². The van der Waals surface area contributed by atoms with Crippen molar-refractivity contribution in [3.05, 3.63) is 53.6 Å². The lowest BCUT2D eigenvalue weighted by atomic mass is 10.1. The third kappa shape index (κ3) is 5.95. The maximum Gasteiger partial charge on any atom is 0.260 e. The molecule has 29 heavy (non-hydrogen) atoms. The second-order valence-electron chi connectivity index (χ2n) is 6.41. The quantitative estimate of drug-likeness (QED) is 0.523. The molecule has 0 aliphatic rings. The summed E-state index contributed by atoms with van der Waals surface area (Å²) in [5, 5.41) is 4.07. The van der Waals surface area contributed by atoms with E-state index in [1.165, 1.54) is 7.11 Å². The standard InChI is InChI=1S/C20H25N3O5S/c1-14-6-9-17(10-7-14)23(29(5,25)26)13-20(24)22-21-15(2)16-8-11-18(27-3)19(12-16)28-4/h6-12H,13H2,1-5H3,(H,22,24)/b21-15-. The van der Waals surface area contributed by atoms with Crippen molar-refractivity contribution in [2.75, 3.05) is 31.3 Å². The zero-order valence-electron chi connectivity index (χ0n) is 17.1. The number of rotatable bonds is 8. The zero-order valence-corrected chi connectivity index (χ0v) is 17.9. The van der Waals surface area contributed by atoms with E-state index in [2.05, 4.69) is 10.5 Å². The number of amides is 1. The first-order valence-corrected chi connectivity index (χ1v) is 10.6. The van der Waals surface area contributed by atoms with E-state index in [4.69, 9.17) is 9.47 Å². The number of hydrogen-bond acceptors (Lipinski definition) is 6. The first-order valence-electron chi connectivity index (χ1n) is 8.75. The summed E-state index contributed by atoms with van der Waals surface area (Å²) in [6, 6.07) is 12.1. The van der Waals surface area contributed by atoms with Crippen LogP contribution in [0.5, 0.6) is 11.5 Å². The summed E-state index contributed by atoms with van der Waals surface area (Å²) in [7, 11) is -0.569. The summed E-state index contributed by atoms with van der Waals surface area (Å²) in [6.45, 7) is 3.23. The Morgan fingerprint density at radius 3 is 2.24 bits per heavy atom. The van der Waals surface area contributed by atoms with Crippen molar-refractivity contribution in [2.24, 2.45) is 5.10 Å². The number of nitrogens with one attached hydrogen (secondary N) is 1. The fourth-order valence-electron chi connectivity index (χ4n) is 2.55. The summed E-state index contributed by atoms with van der Waals surface area (Å²) < 4.78 is 35.7. The van der Waals surface area contributed by atoms with Crippen LogP contribution in [0.15, 0.2) is 47.6 Å². The number of hydrogen-bond donors (Lipinski definition) is 1.